The molecule has 2 aliphatic heterocycles. The summed E-state index contributed by atoms with van der Waals surface area (Å²) in [7, 11) is 0. The van der Waals surface area contributed by atoms with Gasteiger partial charge in [0.05, 0.1) is 16.4 Å². The van der Waals surface area contributed by atoms with E-state index in [1.165, 1.54) is 21.8 Å². The zero-order valence-electron chi connectivity index (χ0n) is 32.0. The van der Waals surface area contributed by atoms with Gasteiger partial charge in [-0.25, -0.2) is 0 Å². The number of nitrogens with zero attached hydrogens (tertiary/aromatic N) is 1. The summed E-state index contributed by atoms with van der Waals surface area (Å²) in [4.78, 5) is 0. The second-order valence-corrected chi connectivity index (χ2v) is 15.9. The molecule has 0 fully saturated rings. The molecule has 278 valence electrons. The highest BCUT2D eigenvalue weighted by molar-refractivity contribution is 6.84. The van der Waals surface area contributed by atoms with E-state index < -0.39 is 0 Å². The van der Waals surface area contributed by atoms with Crippen molar-refractivity contribution in [2.45, 2.75) is 0 Å². The first kappa shape index (κ1) is 32.1. The highest BCUT2D eigenvalue weighted by atomic mass is 16.5. The molecule has 9 aromatic carbocycles. The van der Waals surface area contributed by atoms with Gasteiger partial charge in [0.15, 0.2) is 0 Å². The molecule has 0 saturated heterocycles. The molecule has 0 unspecified atom stereocenters. The van der Waals surface area contributed by atoms with Crippen molar-refractivity contribution in [1.29, 1.82) is 0 Å². The molecule has 3 aromatic heterocycles. The van der Waals surface area contributed by atoms with E-state index in [1.807, 2.05) is 24.3 Å². The highest BCUT2D eigenvalue weighted by Gasteiger charge is 2.41. The van der Waals surface area contributed by atoms with Gasteiger partial charge in [-0.15, -0.1) is 0 Å². The molecule has 0 saturated carbocycles. The number of aromatic nitrogens is 1. The van der Waals surface area contributed by atoms with E-state index in [0.717, 1.165) is 111 Å². The van der Waals surface area contributed by atoms with Gasteiger partial charge in [-0.1, -0.05) is 109 Å². The second kappa shape index (κ2) is 11.8. The number of para-hydroxylation sites is 4. The Kier molecular flexibility index (Phi) is 6.31. The normalized spacial score (nSPS) is 12.9. The average molecular weight is 768 g/mol. The average Bonchev–Trinajstić information content (AvgIpc) is 3.98. The minimum Gasteiger partial charge on any atom is -0.551 e. The third kappa shape index (κ3) is 4.37. The van der Waals surface area contributed by atoms with E-state index >= 15 is 0 Å². The Morgan fingerprint density at radius 3 is 2.00 bits per heavy atom. The fraction of sp³-hybridized carbons (Fsp3) is 0. The molecule has 0 spiro atoms. The van der Waals surface area contributed by atoms with Gasteiger partial charge in [0, 0.05) is 49.1 Å². The van der Waals surface area contributed by atoms with Crippen LogP contribution in [0.1, 0.15) is 0 Å². The van der Waals surface area contributed by atoms with Crippen LogP contribution in [0.2, 0.25) is 0 Å². The van der Waals surface area contributed by atoms with E-state index in [-0.39, 0.29) is 6.92 Å². The summed E-state index contributed by atoms with van der Waals surface area (Å²) in [6.07, 6.45) is 0. The Morgan fingerprint density at radius 1 is 0.400 bits per heavy atom. The number of hydrogen-bond acceptors (Lipinski definition) is 4. The number of fused-ring (bicyclic) bond motifs is 14. The highest BCUT2D eigenvalue weighted by Crippen LogP contribution is 2.46. The summed E-state index contributed by atoms with van der Waals surface area (Å²) in [5.74, 6) is 2.42. The molecule has 0 atom stereocenters. The number of rotatable bonds is 3. The summed E-state index contributed by atoms with van der Waals surface area (Å²) < 4.78 is 29.3. The van der Waals surface area contributed by atoms with Crippen molar-refractivity contribution in [1.82, 2.24) is 4.57 Å². The Morgan fingerprint density at radius 2 is 1.12 bits per heavy atom. The summed E-state index contributed by atoms with van der Waals surface area (Å²) in [6, 6.07) is 64.0. The molecular formula is C54H30BNO4. The summed E-state index contributed by atoms with van der Waals surface area (Å²) >= 11 is 0. The van der Waals surface area contributed by atoms with Crippen LogP contribution in [0, 0.1) is 0 Å². The van der Waals surface area contributed by atoms with Crippen LogP contribution in [0.3, 0.4) is 0 Å². The number of hydrogen-bond donors (Lipinski definition) is 0. The molecular weight excluding hydrogens is 737 g/mol. The molecule has 12 aromatic rings. The maximum Gasteiger partial charge on any atom is 0.434 e. The molecule has 2 aliphatic rings. The smallest absolute Gasteiger partial charge is 0.434 e. The Bertz CT molecular complexity index is 3760. The Labute approximate surface area is 343 Å². The Balaban J connectivity index is 0.931. The van der Waals surface area contributed by atoms with E-state index in [0.29, 0.717) is 0 Å². The quantitative estimate of drug-likeness (QED) is 0.168. The lowest BCUT2D eigenvalue weighted by atomic mass is 9.50. The van der Waals surface area contributed by atoms with Gasteiger partial charge in [-0.2, -0.15) is 0 Å². The van der Waals surface area contributed by atoms with Gasteiger partial charge >= 0.3 is 6.92 Å². The SMILES string of the molecule is c1cc(-c2ccc3c(c2)B2Oc4ccccc4-c4cc(-c5cccc6oc7ccc8c9ccccc9oc8c7c56)cc(c42)O3)cc(-n2c3ccccc3c3ccccc32)c1. The fourth-order valence-corrected chi connectivity index (χ4v) is 10.1. The van der Waals surface area contributed by atoms with Gasteiger partial charge in [-0.05, 0) is 101 Å². The Hall–Kier alpha value is -7.96. The zero-order chi connectivity index (χ0) is 39.1. The lowest BCUT2D eigenvalue weighted by molar-refractivity contribution is 0.479. The van der Waals surface area contributed by atoms with Crippen LogP contribution in [0.25, 0.3) is 105 Å². The molecule has 0 radical (unpaired) electrons. The largest absolute Gasteiger partial charge is 0.551 e. The van der Waals surface area contributed by atoms with Crippen molar-refractivity contribution in [3.63, 3.8) is 0 Å². The topological polar surface area (TPSA) is 49.7 Å². The van der Waals surface area contributed by atoms with Gasteiger partial charge < -0.3 is 22.8 Å². The molecule has 0 N–H and O–H groups in total. The van der Waals surface area contributed by atoms with Crippen molar-refractivity contribution >= 4 is 83.5 Å². The number of ether oxygens (including phenoxy) is 1. The van der Waals surface area contributed by atoms with E-state index in [1.54, 1.807) is 0 Å². The number of benzene rings is 9. The second-order valence-electron chi connectivity index (χ2n) is 15.9. The van der Waals surface area contributed by atoms with E-state index in [2.05, 4.69) is 162 Å². The van der Waals surface area contributed by atoms with Gasteiger partial charge in [0.2, 0.25) is 0 Å². The zero-order valence-corrected chi connectivity index (χ0v) is 32.0. The monoisotopic (exact) mass is 767 g/mol. The maximum absolute atomic E-state index is 6.96. The van der Waals surface area contributed by atoms with Crippen molar-refractivity contribution in [3.05, 3.63) is 182 Å². The lowest BCUT2D eigenvalue weighted by Gasteiger charge is -2.33. The van der Waals surface area contributed by atoms with Gasteiger partial charge in [0.25, 0.3) is 0 Å². The predicted molar refractivity (Wildman–Crippen MR) is 244 cm³/mol. The van der Waals surface area contributed by atoms with Crippen LogP contribution in [0.15, 0.2) is 191 Å². The summed E-state index contributed by atoms with van der Waals surface area (Å²) in [5.41, 5.74) is 15.2. The first-order valence-corrected chi connectivity index (χ1v) is 20.3. The van der Waals surface area contributed by atoms with Crippen LogP contribution in [0.4, 0.5) is 0 Å². The molecule has 5 heterocycles. The minimum atomic E-state index is -0.358. The molecule has 60 heavy (non-hydrogen) atoms. The van der Waals surface area contributed by atoms with Gasteiger partial charge in [-0.3, -0.25) is 0 Å². The summed E-state index contributed by atoms with van der Waals surface area (Å²) in [5, 5.41) is 6.65. The van der Waals surface area contributed by atoms with Crippen molar-refractivity contribution < 1.29 is 18.2 Å². The summed E-state index contributed by atoms with van der Waals surface area (Å²) in [6.45, 7) is -0.358. The van der Waals surface area contributed by atoms with Crippen LogP contribution >= 0.6 is 0 Å². The minimum absolute atomic E-state index is 0.358. The first-order valence-electron chi connectivity index (χ1n) is 20.3. The maximum atomic E-state index is 6.96. The fourth-order valence-electron chi connectivity index (χ4n) is 10.1. The van der Waals surface area contributed by atoms with E-state index in [9.17, 15) is 0 Å². The van der Waals surface area contributed by atoms with E-state index in [4.69, 9.17) is 18.2 Å². The molecule has 0 aliphatic carbocycles. The molecule has 14 rings (SSSR count). The van der Waals surface area contributed by atoms with Crippen LogP contribution in [-0.4, -0.2) is 11.5 Å². The van der Waals surface area contributed by atoms with Crippen molar-refractivity contribution in [2.75, 3.05) is 0 Å². The predicted octanol–water partition coefficient (Wildman–Crippen LogP) is 13.2. The molecule has 0 bridgehead atoms. The van der Waals surface area contributed by atoms with Crippen LogP contribution in [-0.2, 0) is 0 Å². The number of furan rings is 2. The van der Waals surface area contributed by atoms with Crippen LogP contribution < -0.4 is 20.3 Å². The van der Waals surface area contributed by atoms with Crippen LogP contribution in [0.5, 0.6) is 17.2 Å². The standard InChI is InChI=1S/C54H30BNO4/c1-5-18-43-36(13-1)37-14-2-6-19-44(37)56(43)34-12-9-11-31(27-34)32-23-25-47-42(29-32)55-53-41(39-16-4-8-21-46(39)60-55)28-33(30-50(53)57-47)35-17-10-22-48-51(35)52-49(58-48)26-24-40-38-15-3-7-20-45(38)59-54(40)52/h1-30H. The molecule has 5 nitrogen and oxygen atoms in total. The lowest BCUT2D eigenvalue weighted by Crippen LogP contribution is -2.53. The third-order valence-corrected chi connectivity index (χ3v) is 12.7. The van der Waals surface area contributed by atoms with Crippen molar-refractivity contribution in [3.8, 4) is 56.3 Å². The van der Waals surface area contributed by atoms with Crippen molar-refractivity contribution in [2.24, 2.45) is 0 Å². The first-order chi connectivity index (χ1) is 29.7. The third-order valence-electron chi connectivity index (χ3n) is 12.7. The van der Waals surface area contributed by atoms with Gasteiger partial charge in [0.1, 0.15) is 39.6 Å². The molecule has 0 amide bonds. The molecule has 6 heteroatoms.